The molecule has 7 heteroatoms. The van der Waals surface area contributed by atoms with Gasteiger partial charge in [-0.1, -0.05) is 19.1 Å². The molecule has 1 atom stereocenters. The summed E-state index contributed by atoms with van der Waals surface area (Å²) in [6.45, 7) is 5.34. The number of ether oxygens (including phenoxy) is 1. The van der Waals surface area contributed by atoms with Gasteiger partial charge in [0.2, 0.25) is 5.91 Å². The van der Waals surface area contributed by atoms with Crippen LogP contribution < -0.4 is 5.73 Å². The normalized spacial score (nSPS) is 12.5. The summed E-state index contributed by atoms with van der Waals surface area (Å²) in [5.74, 6) is -1.13. The number of carbonyl (C=O) groups is 2. The average Bonchev–Trinajstić information content (AvgIpc) is 2.71. The second-order valence-electron chi connectivity index (χ2n) is 3.99. The Hall–Kier alpha value is -1.92. The van der Waals surface area contributed by atoms with Gasteiger partial charge in [-0.15, -0.1) is 5.10 Å². The molecule has 1 aromatic heterocycles. The molecule has 1 heterocycles. The highest BCUT2D eigenvalue weighted by molar-refractivity contribution is 5.88. The van der Waals surface area contributed by atoms with Crippen LogP contribution in [0.5, 0.6) is 0 Å². The fraction of sp³-hybridized carbons (Fsp3) is 0.600. The molecule has 0 spiro atoms. The Morgan fingerprint density at radius 3 is 2.35 bits per heavy atom. The minimum Gasteiger partial charge on any atom is -0.464 e. The summed E-state index contributed by atoms with van der Waals surface area (Å²) in [5.41, 5.74) is 5.88. The quantitative estimate of drug-likeness (QED) is 0.759. The first-order valence-electron chi connectivity index (χ1n) is 5.22. The van der Waals surface area contributed by atoms with Gasteiger partial charge < -0.3 is 10.5 Å². The number of nitrogens with two attached hydrogens (primary N) is 1. The predicted molar refractivity (Wildman–Crippen MR) is 59.4 cm³/mol. The third-order valence-electron chi connectivity index (χ3n) is 2.43. The highest BCUT2D eigenvalue weighted by Gasteiger charge is 2.26. The van der Waals surface area contributed by atoms with E-state index < -0.39 is 17.9 Å². The Balaban J connectivity index is 3.29. The van der Waals surface area contributed by atoms with Gasteiger partial charge in [0.25, 0.3) is 0 Å². The minimum atomic E-state index is -0.654. The van der Waals surface area contributed by atoms with Gasteiger partial charge in [-0.3, -0.25) is 4.79 Å². The molecule has 7 nitrogen and oxygen atoms in total. The first kappa shape index (κ1) is 13.1. The molecule has 0 radical (unpaired) electrons. The first-order chi connectivity index (χ1) is 7.90. The van der Waals surface area contributed by atoms with Crippen LogP contribution in [0.3, 0.4) is 0 Å². The van der Waals surface area contributed by atoms with Crippen molar-refractivity contribution < 1.29 is 14.3 Å². The first-order valence-corrected chi connectivity index (χ1v) is 5.22. The van der Waals surface area contributed by atoms with Gasteiger partial charge in [0.05, 0.1) is 12.8 Å². The lowest BCUT2D eigenvalue weighted by atomic mass is 10.1. The van der Waals surface area contributed by atoms with Crippen molar-refractivity contribution in [3.63, 3.8) is 0 Å². The van der Waals surface area contributed by atoms with E-state index in [4.69, 9.17) is 5.73 Å². The summed E-state index contributed by atoms with van der Waals surface area (Å²) in [7, 11) is 1.27. The number of esters is 1. The minimum absolute atomic E-state index is 0.0269. The van der Waals surface area contributed by atoms with Crippen molar-refractivity contribution >= 4 is 11.9 Å². The molecule has 0 saturated carbocycles. The summed E-state index contributed by atoms with van der Waals surface area (Å²) in [4.78, 5) is 22.6. The van der Waals surface area contributed by atoms with Crippen molar-refractivity contribution in [3.05, 3.63) is 11.4 Å². The molecule has 17 heavy (non-hydrogen) atoms. The smallest absolute Gasteiger partial charge is 0.360 e. The maximum absolute atomic E-state index is 11.5. The topological polar surface area (TPSA) is 100 Å². The van der Waals surface area contributed by atoms with Crippen LogP contribution in [0, 0.1) is 0 Å². The van der Waals surface area contributed by atoms with Crippen molar-refractivity contribution in [3.8, 4) is 0 Å². The summed E-state index contributed by atoms with van der Waals surface area (Å²) in [6, 6.07) is -0.654. The van der Waals surface area contributed by atoms with E-state index in [0.717, 1.165) is 0 Å². The lowest BCUT2D eigenvalue weighted by molar-refractivity contribution is -0.121. The van der Waals surface area contributed by atoms with Gasteiger partial charge in [0.15, 0.2) is 5.69 Å². The van der Waals surface area contributed by atoms with Gasteiger partial charge in [0.1, 0.15) is 6.04 Å². The van der Waals surface area contributed by atoms with E-state index in [9.17, 15) is 9.59 Å². The molecule has 0 aliphatic rings. The Morgan fingerprint density at radius 1 is 1.35 bits per heavy atom. The average molecular weight is 240 g/mol. The monoisotopic (exact) mass is 240 g/mol. The van der Waals surface area contributed by atoms with Crippen LogP contribution in [0.1, 0.15) is 48.9 Å². The van der Waals surface area contributed by atoms with Gasteiger partial charge >= 0.3 is 5.97 Å². The van der Waals surface area contributed by atoms with Crippen molar-refractivity contribution in [1.82, 2.24) is 15.0 Å². The van der Waals surface area contributed by atoms with Crippen molar-refractivity contribution in [1.29, 1.82) is 0 Å². The summed E-state index contributed by atoms with van der Waals surface area (Å²) >= 11 is 0. The van der Waals surface area contributed by atoms with E-state index in [1.54, 1.807) is 6.92 Å². The summed E-state index contributed by atoms with van der Waals surface area (Å²) in [6.07, 6.45) is 0. The van der Waals surface area contributed by atoms with Crippen LogP contribution >= 0.6 is 0 Å². The third-order valence-corrected chi connectivity index (χ3v) is 2.43. The van der Waals surface area contributed by atoms with Gasteiger partial charge in [0, 0.05) is 0 Å². The van der Waals surface area contributed by atoms with E-state index >= 15 is 0 Å². The molecule has 94 valence electrons. The molecule has 0 saturated heterocycles. The second-order valence-corrected chi connectivity index (χ2v) is 3.99. The largest absolute Gasteiger partial charge is 0.464 e. The van der Waals surface area contributed by atoms with Crippen LogP contribution in [0.2, 0.25) is 0 Å². The number of methoxy groups -OCH3 is 1. The summed E-state index contributed by atoms with van der Waals surface area (Å²) < 4.78 is 5.97. The number of hydrogen-bond acceptors (Lipinski definition) is 5. The molecule has 0 bridgehead atoms. The number of hydrogen-bond donors (Lipinski definition) is 1. The van der Waals surface area contributed by atoms with Crippen LogP contribution in [-0.4, -0.2) is 34.0 Å². The van der Waals surface area contributed by atoms with E-state index in [0.29, 0.717) is 5.69 Å². The number of amides is 1. The zero-order valence-corrected chi connectivity index (χ0v) is 10.3. The highest BCUT2D eigenvalue weighted by Crippen LogP contribution is 2.21. The molecular weight excluding hydrogens is 224 g/mol. The summed E-state index contributed by atoms with van der Waals surface area (Å²) in [5, 5.41) is 7.53. The van der Waals surface area contributed by atoms with E-state index in [1.165, 1.54) is 11.8 Å². The van der Waals surface area contributed by atoms with Crippen LogP contribution in [0.4, 0.5) is 0 Å². The van der Waals surface area contributed by atoms with Crippen LogP contribution in [-0.2, 0) is 9.53 Å². The molecule has 1 unspecified atom stereocenters. The maximum atomic E-state index is 11.5. The molecule has 0 aromatic carbocycles. The molecule has 1 rings (SSSR count). The van der Waals surface area contributed by atoms with E-state index in [2.05, 4.69) is 15.0 Å². The fourth-order valence-electron chi connectivity index (χ4n) is 1.49. The molecular formula is C10H16N4O3. The predicted octanol–water partition coefficient (Wildman–Crippen LogP) is 0.234. The number of carbonyl (C=O) groups excluding carboxylic acids is 2. The number of rotatable bonds is 4. The number of primary amides is 1. The standard InChI is InChI=1S/C10H16N4O3/c1-5(2)8-7(10(16)17-4)12-13-14(8)6(3)9(11)15/h5-6H,1-4H3,(H2,11,15). The second kappa shape index (κ2) is 4.94. The fourth-order valence-corrected chi connectivity index (χ4v) is 1.49. The van der Waals surface area contributed by atoms with Crippen LogP contribution in [0.15, 0.2) is 0 Å². The van der Waals surface area contributed by atoms with Gasteiger partial charge in [-0.25, -0.2) is 9.48 Å². The van der Waals surface area contributed by atoms with Crippen molar-refractivity contribution in [2.45, 2.75) is 32.7 Å². The zero-order chi connectivity index (χ0) is 13.2. The van der Waals surface area contributed by atoms with Gasteiger partial charge in [-0.2, -0.15) is 0 Å². The molecule has 1 amide bonds. The Kier molecular flexibility index (Phi) is 3.82. The molecule has 1 aromatic rings. The molecule has 2 N–H and O–H groups in total. The zero-order valence-electron chi connectivity index (χ0n) is 10.3. The maximum Gasteiger partial charge on any atom is 0.360 e. The Morgan fingerprint density at radius 2 is 1.94 bits per heavy atom. The van der Waals surface area contributed by atoms with E-state index in [1.807, 2.05) is 13.8 Å². The van der Waals surface area contributed by atoms with Crippen molar-refractivity contribution in [2.75, 3.05) is 7.11 Å². The Labute approximate surface area is 98.9 Å². The van der Waals surface area contributed by atoms with Crippen LogP contribution in [0.25, 0.3) is 0 Å². The third kappa shape index (κ3) is 2.43. The SMILES string of the molecule is COC(=O)c1nnn(C(C)C(N)=O)c1C(C)C. The highest BCUT2D eigenvalue weighted by atomic mass is 16.5. The number of aromatic nitrogens is 3. The number of nitrogens with zero attached hydrogens (tertiary/aromatic N) is 3. The lowest BCUT2D eigenvalue weighted by Crippen LogP contribution is -2.26. The van der Waals surface area contributed by atoms with E-state index in [-0.39, 0.29) is 11.6 Å². The molecule has 0 fully saturated rings. The van der Waals surface area contributed by atoms with Gasteiger partial charge in [-0.05, 0) is 12.8 Å². The molecule has 0 aliphatic carbocycles. The molecule has 0 aliphatic heterocycles. The van der Waals surface area contributed by atoms with Crippen molar-refractivity contribution in [2.24, 2.45) is 5.73 Å². The lowest BCUT2D eigenvalue weighted by Gasteiger charge is -2.14. The Bertz CT molecular complexity index is 439.